The number of ether oxygens (including phenoxy) is 1. The van der Waals surface area contributed by atoms with E-state index in [0.29, 0.717) is 24.8 Å². The van der Waals surface area contributed by atoms with Crippen LogP contribution in [0.15, 0.2) is 66.8 Å². The minimum absolute atomic E-state index is 0.129. The first-order valence-corrected chi connectivity index (χ1v) is 12.1. The van der Waals surface area contributed by atoms with Gasteiger partial charge in [0.1, 0.15) is 0 Å². The molecule has 1 spiro atoms. The van der Waals surface area contributed by atoms with Gasteiger partial charge in [-0.25, -0.2) is 4.79 Å². The van der Waals surface area contributed by atoms with Crippen molar-refractivity contribution < 1.29 is 24.5 Å². The van der Waals surface area contributed by atoms with Crippen LogP contribution >= 0.6 is 0 Å². The molecule has 0 aromatic heterocycles. The second-order valence-electron chi connectivity index (χ2n) is 10.5. The second kappa shape index (κ2) is 9.16. The van der Waals surface area contributed by atoms with E-state index in [-0.39, 0.29) is 17.9 Å². The number of rotatable bonds is 2. The van der Waals surface area contributed by atoms with Crippen LogP contribution in [-0.2, 0) is 20.7 Å². The Labute approximate surface area is 201 Å². The van der Waals surface area contributed by atoms with Crippen molar-refractivity contribution in [1.82, 2.24) is 5.32 Å². The lowest BCUT2D eigenvalue weighted by atomic mass is 9.59. The first kappa shape index (κ1) is 24.4. The molecule has 1 aromatic carbocycles. The summed E-state index contributed by atoms with van der Waals surface area (Å²) in [4.78, 5) is 26.7. The average Bonchev–Trinajstić information content (AvgIpc) is 3.04. The fourth-order valence-corrected chi connectivity index (χ4v) is 6.12. The third-order valence-electron chi connectivity index (χ3n) is 7.73. The predicted molar refractivity (Wildman–Crippen MR) is 129 cm³/mol. The smallest absolute Gasteiger partial charge is 0.331 e. The van der Waals surface area contributed by atoms with Gasteiger partial charge in [-0.3, -0.25) is 4.79 Å². The van der Waals surface area contributed by atoms with Gasteiger partial charge in [-0.2, -0.15) is 0 Å². The molecule has 182 valence electrons. The lowest BCUT2D eigenvalue weighted by molar-refractivity contribution is -0.182. The van der Waals surface area contributed by atoms with E-state index < -0.39 is 41.0 Å². The molecular formula is C28H35NO5. The van der Waals surface area contributed by atoms with Crippen molar-refractivity contribution in [2.24, 2.45) is 23.7 Å². The van der Waals surface area contributed by atoms with Gasteiger partial charge in [-0.1, -0.05) is 62.9 Å². The van der Waals surface area contributed by atoms with Gasteiger partial charge in [0.15, 0.2) is 0 Å². The molecule has 0 unspecified atom stereocenters. The fraction of sp³-hybridized carbons (Fsp3) is 0.500. The summed E-state index contributed by atoms with van der Waals surface area (Å²) < 4.78 is 6.03. The van der Waals surface area contributed by atoms with Crippen LogP contribution in [0.5, 0.6) is 0 Å². The Morgan fingerprint density at radius 1 is 1.21 bits per heavy atom. The van der Waals surface area contributed by atoms with Crippen LogP contribution in [0.25, 0.3) is 0 Å². The molecule has 2 aliphatic heterocycles. The molecule has 1 aliphatic carbocycles. The van der Waals surface area contributed by atoms with Crippen molar-refractivity contribution in [3.05, 3.63) is 72.4 Å². The van der Waals surface area contributed by atoms with E-state index in [1.807, 2.05) is 56.3 Å². The predicted octanol–water partition coefficient (Wildman–Crippen LogP) is 3.10. The van der Waals surface area contributed by atoms with E-state index in [0.717, 1.165) is 5.56 Å². The number of hydrogen-bond acceptors (Lipinski definition) is 5. The van der Waals surface area contributed by atoms with Gasteiger partial charge in [0, 0.05) is 18.0 Å². The number of allylic oxidation sites excluding steroid dienone is 1. The summed E-state index contributed by atoms with van der Waals surface area (Å²) in [5.74, 6) is -2.41. The average molecular weight is 466 g/mol. The molecule has 4 rings (SSSR count). The maximum atomic E-state index is 13.7. The molecule has 2 fully saturated rings. The number of hydrogen-bond donors (Lipinski definition) is 3. The number of carbonyl (C=O) groups excluding carboxylic acids is 2. The van der Waals surface area contributed by atoms with Crippen molar-refractivity contribution in [3.63, 3.8) is 0 Å². The van der Waals surface area contributed by atoms with Crippen LogP contribution in [0, 0.1) is 23.7 Å². The quantitative estimate of drug-likeness (QED) is 0.461. The van der Waals surface area contributed by atoms with E-state index in [9.17, 15) is 19.8 Å². The monoisotopic (exact) mass is 465 g/mol. The normalized spacial score (nSPS) is 42.3. The molecule has 1 saturated carbocycles. The van der Waals surface area contributed by atoms with Gasteiger partial charge in [0.25, 0.3) is 5.91 Å². The second-order valence-corrected chi connectivity index (χ2v) is 10.5. The molecule has 3 aliphatic rings. The van der Waals surface area contributed by atoms with Crippen LogP contribution in [0.3, 0.4) is 0 Å². The van der Waals surface area contributed by atoms with Crippen molar-refractivity contribution in [3.8, 4) is 0 Å². The lowest BCUT2D eigenvalue weighted by Crippen LogP contribution is -2.61. The molecular weight excluding hydrogens is 430 g/mol. The van der Waals surface area contributed by atoms with Crippen LogP contribution in [-0.4, -0.2) is 45.4 Å². The minimum atomic E-state index is -1.58. The topological polar surface area (TPSA) is 95.9 Å². The Morgan fingerprint density at radius 2 is 1.91 bits per heavy atom. The first-order valence-electron chi connectivity index (χ1n) is 12.1. The number of esters is 1. The molecule has 3 N–H and O–H groups in total. The number of aliphatic hydroxyl groups is 2. The number of aliphatic hydroxyl groups excluding tert-OH is 1. The van der Waals surface area contributed by atoms with E-state index >= 15 is 0 Å². The summed E-state index contributed by atoms with van der Waals surface area (Å²) in [6.45, 7) is 9.77. The van der Waals surface area contributed by atoms with Gasteiger partial charge >= 0.3 is 5.97 Å². The van der Waals surface area contributed by atoms with Crippen LogP contribution < -0.4 is 5.32 Å². The molecule has 1 amide bonds. The summed E-state index contributed by atoms with van der Waals surface area (Å²) in [6, 6.07) is 9.56. The van der Waals surface area contributed by atoms with Crippen molar-refractivity contribution in [1.29, 1.82) is 0 Å². The van der Waals surface area contributed by atoms with Gasteiger partial charge in [-0.15, -0.1) is 0 Å². The Bertz CT molecular complexity index is 1010. The van der Waals surface area contributed by atoms with E-state index in [2.05, 4.69) is 11.9 Å². The molecule has 2 heterocycles. The molecule has 0 radical (unpaired) electrons. The molecule has 1 saturated heterocycles. The largest absolute Gasteiger partial charge is 0.445 e. The Kier molecular flexibility index (Phi) is 6.58. The van der Waals surface area contributed by atoms with Gasteiger partial charge in [-0.05, 0) is 55.2 Å². The highest BCUT2D eigenvalue weighted by Crippen LogP contribution is 2.52. The zero-order valence-electron chi connectivity index (χ0n) is 20.1. The Balaban J connectivity index is 1.81. The van der Waals surface area contributed by atoms with Crippen molar-refractivity contribution in [2.45, 2.75) is 63.4 Å². The van der Waals surface area contributed by atoms with Crippen LogP contribution in [0.2, 0.25) is 0 Å². The molecule has 34 heavy (non-hydrogen) atoms. The highest BCUT2D eigenvalue weighted by Gasteiger charge is 2.67. The molecule has 6 nitrogen and oxygen atoms in total. The van der Waals surface area contributed by atoms with E-state index in [1.54, 1.807) is 6.92 Å². The van der Waals surface area contributed by atoms with Crippen molar-refractivity contribution >= 4 is 11.9 Å². The maximum Gasteiger partial charge on any atom is 0.331 e. The van der Waals surface area contributed by atoms with Crippen LogP contribution in [0.4, 0.5) is 0 Å². The zero-order valence-corrected chi connectivity index (χ0v) is 20.1. The Hall–Kier alpha value is -2.70. The minimum Gasteiger partial charge on any atom is -0.445 e. The molecule has 6 heteroatoms. The number of benzene rings is 1. The van der Waals surface area contributed by atoms with E-state index in [1.165, 1.54) is 12.2 Å². The highest BCUT2D eigenvalue weighted by atomic mass is 16.6. The number of carbonyl (C=O) groups is 2. The number of amides is 1. The van der Waals surface area contributed by atoms with Gasteiger partial charge in [0.2, 0.25) is 5.60 Å². The third-order valence-corrected chi connectivity index (χ3v) is 7.73. The van der Waals surface area contributed by atoms with Gasteiger partial charge in [0.05, 0.1) is 17.6 Å². The van der Waals surface area contributed by atoms with E-state index in [4.69, 9.17) is 4.74 Å². The summed E-state index contributed by atoms with van der Waals surface area (Å²) >= 11 is 0. The fourth-order valence-electron chi connectivity index (χ4n) is 6.12. The lowest BCUT2D eigenvalue weighted by Gasteiger charge is -2.49. The molecule has 1 aromatic rings. The standard InChI is InChI=1S/C28H35NO5/c1-17-9-8-12-21-25(31)19(3)18(2)24-22(15-20-10-6-5-7-11-20)29-26(32)28(21,24)34-23(30)13-14-27(4,33)16-17/h5-8,10-14,17-18,21-22,24-25,31,33H,3,9,15-16H2,1-2,4H3,(H,29,32)/b12-8+,14-13+/t17-,18+,21-,22-,24-,25+,27+,28+/m0/s1. The molecule has 0 bridgehead atoms. The third kappa shape index (κ3) is 4.37. The van der Waals surface area contributed by atoms with Crippen LogP contribution in [0.1, 0.15) is 39.2 Å². The highest BCUT2D eigenvalue weighted by molar-refractivity contribution is 5.94. The van der Waals surface area contributed by atoms with Crippen molar-refractivity contribution in [2.75, 3.05) is 0 Å². The SMILES string of the molecule is C=C1[C@@H](C)[C@H]2[C@H](Cc3ccccc3)NC(=O)[C@]23OC(=O)/C=C/[C@@](C)(O)C[C@@H](C)C/C=C/[C@H]3[C@@H]1O. The van der Waals surface area contributed by atoms with Gasteiger partial charge < -0.3 is 20.3 Å². The molecule has 8 atom stereocenters. The Morgan fingerprint density at radius 3 is 2.62 bits per heavy atom. The zero-order chi connectivity index (χ0) is 24.7. The maximum absolute atomic E-state index is 13.7. The first-order chi connectivity index (χ1) is 16.0. The summed E-state index contributed by atoms with van der Waals surface area (Å²) in [5.41, 5.74) is -1.06. The summed E-state index contributed by atoms with van der Waals surface area (Å²) in [5, 5.41) is 25.0. The summed E-state index contributed by atoms with van der Waals surface area (Å²) in [6.07, 6.45) is 7.04. The summed E-state index contributed by atoms with van der Waals surface area (Å²) in [7, 11) is 0. The number of nitrogens with one attached hydrogen (secondary N) is 1.